The summed E-state index contributed by atoms with van der Waals surface area (Å²) in [6.07, 6.45) is 3.19. The Kier molecular flexibility index (Phi) is 6.39. The molecule has 1 N–H and O–H groups in total. The number of nitriles is 1. The van der Waals surface area contributed by atoms with E-state index in [1.54, 1.807) is 23.5 Å². The lowest BCUT2D eigenvalue weighted by Crippen LogP contribution is -2.35. The van der Waals surface area contributed by atoms with Gasteiger partial charge in [0.1, 0.15) is 5.82 Å². The summed E-state index contributed by atoms with van der Waals surface area (Å²) in [5.74, 6) is 1.17. The summed E-state index contributed by atoms with van der Waals surface area (Å²) in [5, 5.41) is 27.7. The highest BCUT2D eigenvalue weighted by Gasteiger charge is 2.20. The summed E-state index contributed by atoms with van der Waals surface area (Å²) < 4.78 is 0. The van der Waals surface area contributed by atoms with Gasteiger partial charge in [0, 0.05) is 36.0 Å². The Hall–Kier alpha value is -3.09. The molecule has 8 nitrogen and oxygen atoms in total. The Bertz CT molecular complexity index is 1130. The summed E-state index contributed by atoms with van der Waals surface area (Å²) >= 11 is 1.74. The highest BCUT2D eigenvalue weighted by atomic mass is 32.1. The lowest BCUT2D eigenvalue weighted by Gasteiger charge is -2.31. The molecule has 4 rings (SSSR count). The van der Waals surface area contributed by atoms with E-state index in [9.17, 15) is 15.4 Å². The number of aryl methyl sites for hydroxylation is 1. The second-order valence-electron chi connectivity index (χ2n) is 7.81. The Morgan fingerprint density at radius 2 is 2.13 bits per heavy atom. The lowest BCUT2D eigenvalue weighted by atomic mass is 9.96. The normalized spacial score (nSPS) is 15.1. The van der Waals surface area contributed by atoms with E-state index in [0.29, 0.717) is 28.2 Å². The van der Waals surface area contributed by atoms with E-state index < -0.39 is 4.92 Å². The van der Waals surface area contributed by atoms with Gasteiger partial charge >= 0.3 is 0 Å². The van der Waals surface area contributed by atoms with Crippen LogP contribution in [0.4, 0.5) is 11.5 Å². The SMILES string of the molecule is CCc1nc(CN2CCC(CNc3cc(C#N)c4cc([N+](=O)[O-])ccc4n3)CC2)cs1. The van der Waals surface area contributed by atoms with Gasteiger partial charge in [-0.05, 0) is 50.4 Å². The van der Waals surface area contributed by atoms with E-state index in [-0.39, 0.29) is 5.69 Å². The maximum Gasteiger partial charge on any atom is 0.270 e. The van der Waals surface area contributed by atoms with Crippen LogP contribution in [0.3, 0.4) is 0 Å². The van der Waals surface area contributed by atoms with Crippen LogP contribution in [-0.4, -0.2) is 39.4 Å². The molecule has 3 heterocycles. The molecular weight excluding hydrogens is 412 g/mol. The number of thiazole rings is 1. The topological polar surface area (TPSA) is 108 Å². The molecule has 0 radical (unpaired) electrons. The second-order valence-corrected chi connectivity index (χ2v) is 8.75. The summed E-state index contributed by atoms with van der Waals surface area (Å²) in [7, 11) is 0. The van der Waals surface area contributed by atoms with Crippen molar-refractivity contribution in [2.75, 3.05) is 25.0 Å². The van der Waals surface area contributed by atoms with Crippen LogP contribution in [-0.2, 0) is 13.0 Å². The van der Waals surface area contributed by atoms with Gasteiger partial charge in [-0.1, -0.05) is 6.92 Å². The number of fused-ring (bicyclic) bond motifs is 1. The van der Waals surface area contributed by atoms with Crippen LogP contribution >= 0.6 is 11.3 Å². The van der Waals surface area contributed by atoms with Crippen LogP contribution in [0.15, 0.2) is 29.6 Å². The first-order chi connectivity index (χ1) is 15.1. The van der Waals surface area contributed by atoms with E-state index in [1.165, 1.54) is 22.8 Å². The van der Waals surface area contributed by atoms with Crippen LogP contribution in [0.2, 0.25) is 0 Å². The van der Waals surface area contributed by atoms with Crippen molar-refractivity contribution in [2.45, 2.75) is 32.7 Å². The Balaban J connectivity index is 1.34. The summed E-state index contributed by atoms with van der Waals surface area (Å²) in [5.41, 5.74) is 2.10. The van der Waals surface area contributed by atoms with Gasteiger partial charge in [0.05, 0.1) is 32.8 Å². The average molecular weight is 437 g/mol. The molecule has 0 amide bonds. The van der Waals surface area contributed by atoms with E-state index in [1.807, 2.05) is 0 Å². The number of hydrogen-bond donors (Lipinski definition) is 1. The zero-order chi connectivity index (χ0) is 21.8. The number of nitrogens with zero attached hydrogens (tertiary/aromatic N) is 5. The number of hydrogen-bond acceptors (Lipinski definition) is 8. The minimum Gasteiger partial charge on any atom is -0.370 e. The molecule has 1 aliphatic rings. The first-order valence-electron chi connectivity index (χ1n) is 10.4. The fraction of sp³-hybridized carbons (Fsp3) is 0.409. The molecule has 3 aromatic rings. The van der Waals surface area contributed by atoms with E-state index in [2.05, 4.69) is 38.6 Å². The maximum absolute atomic E-state index is 11.0. The molecule has 1 aliphatic heterocycles. The zero-order valence-corrected chi connectivity index (χ0v) is 18.2. The minimum atomic E-state index is -0.462. The van der Waals surface area contributed by atoms with E-state index >= 15 is 0 Å². The van der Waals surface area contributed by atoms with Crippen LogP contribution in [0, 0.1) is 27.4 Å². The van der Waals surface area contributed by atoms with Crippen molar-refractivity contribution >= 4 is 33.7 Å². The molecule has 1 aromatic carbocycles. The summed E-state index contributed by atoms with van der Waals surface area (Å²) in [4.78, 5) is 22.2. The van der Waals surface area contributed by atoms with Crippen molar-refractivity contribution in [1.82, 2.24) is 14.9 Å². The molecule has 9 heteroatoms. The summed E-state index contributed by atoms with van der Waals surface area (Å²) in [6, 6.07) is 8.24. The highest BCUT2D eigenvalue weighted by molar-refractivity contribution is 7.09. The fourth-order valence-corrected chi connectivity index (χ4v) is 4.66. The number of aromatic nitrogens is 2. The summed E-state index contributed by atoms with van der Waals surface area (Å²) in [6.45, 7) is 5.93. The molecular formula is C22H24N6O2S. The fourth-order valence-electron chi connectivity index (χ4n) is 3.92. The number of pyridine rings is 1. The minimum absolute atomic E-state index is 0.0400. The van der Waals surface area contributed by atoms with Crippen molar-refractivity contribution in [3.05, 3.63) is 56.0 Å². The van der Waals surface area contributed by atoms with Crippen LogP contribution in [0.25, 0.3) is 10.9 Å². The molecule has 160 valence electrons. The molecule has 0 saturated carbocycles. The van der Waals surface area contributed by atoms with Crippen molar-refractivity contribution in [3.8, 4) is 6.07 Å². The van der Waals surface area contributed by atoms with E-state index in [4.69, 9.17) is 0 Å². The average Bonchev–Trinajstić information content (AvgIpc) is 3.25. The number of anilines is 1. The molecule has 1 saturated heterocycles. The number of piperidine rings is 1. The molecule has 2 aromatic heterocycles. The maximum atomic E-state index is 11.0. The third-order valence-electron chi connectivity index (χ3n) is 5.69. The van der Waals surface area contributed by atoms with Gasteiger partial charge in [0.15, 0.2) is 0 Å². The van der Waals surface area contributed by atoms with Crippen molar-refractivity contribution in [3.63, 3.8) is 0 Å². The van der Waals surface area contributed by atoms with Gasteiger partial charge in [-0.25, -0.2) is 9.97 Å². The van der Waals surface area contributed by atoms with Gasteiger partial charge in [-0.2, -0.15) is 5.26 Å². The highest BCUT2D eigenvalue weighted by Crippen LogP contribution is 2.26. The Morgan fingerprint density at radius 3 is 2.81 bits per heavy atom. The van der Waals surface area contributed by atoms with Crippen LogP contribution < -0.4 is 5.32 Å². The molecule has 0 aliphatic carbocycles. The third kappa shape index (κ3) is 4.98. The number of benzene rings is 1. The second kappa shape index (κ2) is 9.37. The molecule has 31 heavy (non-hydrogen) atoms. The molecule has 0 unspecified atom stereocenters. The Labute approximate surface area is 184 Å². The van der Waals surface area contributed by atoms with Crippen LogP contribution in [0.5, 0.6) is 0 Å². The standard InChI is InChI=1S/C22H24N6O2S/c1-2-22-25-17(14-31-22)13-27-7-5-15(6-8-27)12-24-21-9-16(11-23)19-10-18(28(29)30)3-4-20(19)26-21/h3-4,9-10,14-15H,2,5-8,12-13H2,1H3,(H,24,26). The number of rotatable bonds is 7. The largest absolute Gasteiger partial charge is 0.370 e. The van der Waals surface area contributed by atoms with Crippen molar-refractivity contribution < 1.29 is 4.92 Å². The number of nitrogens with one attached hydrogen (secondary N) is 1. The zero-order valence-electron chi connectivity index (χ0n) is 17.4. The third-order valence-corrected chi connectivity index (χ3v) is 6.73. The van der Waals surface area contributed by atoms with Gasteiger partial charge in [0.25, 0.3) is 5.69 Å². The van der Waals surface area contributed by atoms with Crippen molar-refractivity contribution in [1.29, 1.82) is 5.26 Å². The van der Waals surface area contributed by atoms with E-state index in [0.717, 1.165) is 45.4 Å². The molecule has 0 spiro atoms. The first kappa shape index (κ1) is 21.2. The number of non-ortho nitro benzene ring substituents is 1. The van der Waals surface area contributed by atoms with Crippen LogP contribution in [0.1, 0.15) is 36.0 Å². The first-order valence-corrected chi connectivity index (χ1v) is 11.3. The predicted octanol–water partition coefficient (Wildman–Crippen LogP) is 4.36. The molecule has 0 atom stereocenters. The number of nitro benzene ring substituents is 1. The molecule has 0 bridgehead atoms. The van der Waals surface area contributed by atoms with Gasteiger partial charge < -0.3 is 5.32 Å². The smallest absolute Gasteiger partial charge is 0.270 e. The monoisotopic (exact) mass is 436 g/mol. The number of nitro groups is 1. The van der Waals surface area contributed by atoms with Crippen molar-refractivity contribution in [2.24, 2.45) is 5.92 Å². The number of likely N-dealkylation sites (tertiary alicyclic amines) is 1. The van der Waals surface area contributed by atoms with Gasteiger partial charge in [-0.15, -0.1) is 11.3 Å². The van der Waals surface area contributed by atoms with Gasteiger partial charge in [0.2, 0.25) is 0 Å². The lowest BCUT2D eigenvalue weighted by molar-refractivity contribution is -0.384. The Morgan fingerprint density at radius 1 is 1.32 bits per heavy atom. The quantitative estimate of drug-likeness (QED) is 0.433. The predicted molar refractivity (Wildman–Crippen MR) is 121 cm³/mol. The molecule has 1 fully saturated rings. The van der Waals surface area contributed by atoms with Gasteiger partial charge in [-0.3, -0.25) is 15.0 Å².